The third-order valence-electron chi connectivity index (χ3n) is 3.98. The molecule has 4 unspecified atom stereocenters. The molecule has 4 bridgehead atoms. The van der Waals surface area contributed by atoms with Crippen LogP contribution in [0, 0.1) is 17.8 Å². The number of allylic oxidation sites excluding steroid dienone is 1. The first-order valence-electron chi connectivity index (χ1n) is 5.41. The lowest BCUT2D eigenvalue weighted by Gasteiger charge is -2.44. The number of ketones is 1. The van der Waals surface area contributed by atoms with Crippen LogP contribution >= 0.6 is 0 Å². The van der Waals surface area contributed by atoms with Crippen LogP contribution in [0.15, 0.2) is 11.5 Å². The zero-order chi connectivity index (χ0) is 11.5. The van der Waals surface area contributed by atoms with Crippen molar-refractivity contribution in [3.8, 4) is 0 Å². The van der Waals surface area contributed by atoms with Crippen molar-refractivity contribution in [1.29, 1.82) is 0 Å². The van der Waals surface area contributed by atoms with E-state index in [2.05, 4.69) is 0 Å². The van der Waals surface area contributed by atoms with Crippen molar-refractivity contribution >= 4 is 12.9 Å². The van der Waals surface area contributed by atoms with Crippen molar-refractivity contribution in [3.63, 3.8) is 0 Å². The van der Waals surface area contributed by atoms with Gasteiger partial charge in [-0.05, 0) is 17.8 Å². The molecule has 0 amide bonds. The van der Waals surface area contributed by atoms with E-state index in [4.69, 9.17) is 9.47 Å². The van der Waals surface area contributed by atoms with Gasteiger partial charge in [0.2, 0.25) is 5.79 Å². The van der Waals surface area contributed by atoms with Crippen molar-refractivity contribution in [1.82, 2.24) is 0 Å². The molecule has 1 aliphatic heterocycles. The van der Waals surface area contributed by atoms with Gasteiger partial charge in [0.05, 0.1) is 6.61 Å². The first-order chi connectivity index (χ1) is 7.60. The van der Waals surface area contributed by atoms with Crippen LogP contribution in [0.3, 0.4) is 0 Å². The Labute approximate surface area is 93.2 Å². The molecule has 0 aromatic carbocycles. The van der Waals surface area contributed by atoms with Crippen LogP contribution < -0.4 is 0 Å². The number of Topliss-reactive ketones (excluding diaryl/α,β-unsaturated/α-hetero) is 1. The zero-order valence-corrected chi connectivity index (χ0v) is 8.92. The fourth-order valence-electron chi connectivity index (χ4n) is 3.35. The lowest BCUT2D eigenvalue weighted by atomic mass is 9.54. The minimum absolute atomic E-state index is 0.0850. The SMILES string of the molecule is COC12OCC3CC(C=C(B(O)O)C31)C2=O. The summed E-state index contributed by atoms with van der Waals surface area (Å²) >= 11 is 0. The summed E-state index contributed by atoms with van der Waals surface area (Å²) in [5, 5.41) is 18.6. The van der Waals surface area contributed by atoms with Crippen LogP contribution in [0.2, 0.25) is 0 Å². The second-order valence-electron chi connectivity index (χ2n) is 4.67. The minimum Gasteiger partial charge on any atom is -0.423 e. The van der Waals surface area contributed by atoms with Gasteiger partial charge >= 0.3 is 7.12 Å². The van der Waals surface area contributed by atoms with Crippen molar-refractivity contribution < 1.29 is 24.3 Å². The molecule has 1 heterocycles. The van der Waals surface area contributed by atoms with Gasteiger partial charge in [-0.1, -0.05) is 6.08 Å². The average Bonchev–Trinajstić information content (AvgIpc) is 2.61. The highest BCUT2D eigenvalue weighted by Gasteiger charge is 2.65. The lowest BCUT2D eigenvalue weighted by molar-refractivity contribution is -0.215. The molecule has 4 aliphatic rings. The summed E-state index contributed by atoms with van der Waals surface area (Å²) in [5.74, 6) is -1.83. The van der Waals surface area contributed by atoms with Crippen molar-refractivity contribution in [2.75, 3.05) is 13.7 Å². The van der Waals surface area contributed by atoms with Gasteiger partial charge in [0.15, 0.2) is 5.78 Å². The van der Waals surface area contributed by atoms with E-state index in [1.165, 1.54) is 7.11 Å². The molecule has 0 radical (unpaired) electrons. The van der Waals surface area contributed by atoms with E-state index >= 15 is 0 Å². The molecule has 86 valence electrons. The molecule has 0 spiro atoms. The van der Waals surface area contributed by atoms with Crippen LogP contribution in [0.25, 0.3) is 0 Å². The highest BCUT2D eigenvalue weighted by Crippen LogP contribution is 2.54. The molecule has 4 rings (SSSR count). The maximum absolute atomic E-state index is 12.1. The second kappa shape index (κ2) is 3.17. The van der Waals surface area contributed by atoms with Gasteiger partial charge in [-0.15, -0.1) is 0 Å². The number of methoxy groups -OCH3 is 1. The van der Waals surface area contributed by atoms with E-state index in [0.717, 1.165) is 6.42 Å². The highest BCUT2D eigenvalue weighted by atomic mass is 16.7. The van der Waals surface area contributed by atoms with Crippen molar-refractivity contribution in [2.24, 2.45) is 17.8 Å². The smallest absolute Gasteiger partial charge is 0.423 e. The van der Waals surface area contributed by atoms with E-state index in [1.807, 2.05) is 0 Å². The second-order valence-corrected chi connectivity index (χ2v) is 4.67. The maximum atomic E-state index is 12.1. The Morgan fingerprint density at radius 2 is 2.38 bits per heavy atom. The third kappa shape index (κ3) is 1.03. The number of carbonyl (C=O) groups is 1. The number of hydrogen-bond acceptors (Lipinski definition) is 5. The molecule has 1 saturated carbocycles. The van der Waals surface area contributed by atoms with Crippen LogP contribution in [0.5, 0.6) is 0 Å². The summed E-state index contributed by atoms with van der Waals surface area (Å²) in [6.07, 6.45) is 2.39. The molecule has 3 aliphatic carbocycles. The van der Waals surface area contributed by atoms with E-state index in [1.54, 1.807) is 6.08 Å². The monoisotopic (exact) mass is 224 g/mol. The maximum Gasteiger partial charge on any atom is 0.484 e. The first kappa shape index (κ1) is 10.5. The van der Waals surface area contributed by atoms with Crippen LogP contribution in [-0.2, 0) is 14.3 Å². The Hall–Kier alpha value is -0.685. The number of hydrogen-bond donors (Lipinski definition) is 2. The molecule has 6 heteroatoms. The van der Waals surface area contributed by atoms with Crippen molar-refractivity contribution in [2.45, 2.75) is 12.2 Å². The van der Waals surface area contributed by atoms with Gasteiger partial charge in [-0.25, -0.2) is 0 Å². The molecule has 16 heavy (non-hydrogen) atoms. The Bertz CT molecular complexity index is 379. The molecule has 5 nitrogen and oxygen atoms in total. The van der Waals surface area contributed by atoms with Crippen molar-refractivity contribution in [3.05, 3.63) is 11.5 Å². The van der Waals surface area contributed by atoms with Gasteiger partial charge in [-0.2, -0.15) is 0 Å². The molecule has 1 saturated heterocycles. The molecular formula is C10H13BO5. The fourth-order valence-corrected chi connectivity index (χ4v) is 3.35. The molecule has 4 atom stereocenters. The predicted octanol–water partition coefficient (Wildman–Crippen LogP) is -0.867. The first-order valence-corrected chi connectivity index (χ1v) is 5.41. The third-order valence-corrected chi connectivity index (χ3v) is 3.98. The summed E-state index contributed by atoms with van der Waals surface area (Å²) in [6, 6.07) is 0. The minimum atomic E-state index is -1.53. The summed E-state index contributed by atoms with van der Waals surface area (Å²) in [6.45, 7) is 0.449. The molecule has 0 aromatic heterocycles. The van der Waals surface area contributed by atoms with E-state index in [9.17, 15) is 14.8 Å². The normalized spacial score (nSPS) is 44.8. The summed E-state index contributed by atoms with van der Waals surface area (Å²) < 4.78 is 10.8. The summed E-state index contributed by atoms with van der Waals surface area (Å²) in [7, 11) is -0.0952. The predicted molar refractivity (Wildman–Crippen MR) is 54.1 cm³/mol. The molecule has 2 fully saturated rings. The lowest BCUT2D eigenvalue weighted by Crippen LogP contribution is -2.58. The average molecular weight is 224 g/mol. The Kier molecular flexibility index (Phi) is 2.07. The zero-order valence-electron chi connectivity index (χ0n) is 8.92. The van der Waals surface area contributed by atoms with Gasteiger partial charge in [-0.3, -0.25) is 4.79 Å². The number of rotatable bonds is 2. The van der Waals surface area contributed by atoms with E-state index in [0.29, 0.717) is 12.1 Å². The number of ether oxygens (including phenoxy) is 2. The largest absolute Gasteiger partial charge is 0.484 e. The Balaban J connectivity index is 2.12. The standard InChI is InChI=1S/C10H13BO5/c1-15-10-8-6(4-16-10)2-5(9(10)12)3-7(8)11(13)14/h3,5-6,8,13-14H,2,4H2,1H3. The van der Waals surface area contributed by atoms with Gasteiger partial charge in [0.1, 0.15) is 0 Å². The van der Waals surface area contributed by atoms with E-state index < -0.39 is 12.9 Å². The Morgan fingerprint density at radius 1 is 1.62 bits per heavy atom. The van der Waals surface area contributed by atoms with Gasteiger partial charge in [0, 0.05) is 18.9 Å². The summed E-state index contributed by atoms with van der Waals surface area (Å²) in [4.78, 5) is 12.1. The van der Waals surface area contributed by atoms with Gasteiger partial charge < -0.3 is 19.5 Å². The molecule has 0 aromatic rings. The van der Waals surface area contributed by atoms with Crippen LogP contribution in [0.4, 0.5) is 0 Å². The fraction of sp³-hybridized carbons (Fsp3) is 0.700. The van der Waals surface area contributed by atoms with Gasteiger partial charge in [0.25, 0.3) is 0 Å². The highest BCUT2D eigenvalue weighted by molar-refractivity contribution is 6.51. The van der Waals surface area contributed by atoms with E-state index in [-0.39, 0.29) is 23.5 Å². The molecular weight excluding hydrogens is 211 g/mol. The topological polar surface area (TPSA) is 76.0 Å². The van der Waals surface area contributed by atoms with Crippen LogP contribution in [0.1, 0.15) is 6.42 Å². The Morgan fingerprint density at radius 3 is 3.00 bits per heavy atom. The summed E-state index contributed by atoms with van der Waals surface area (Å²) in [5.41, 5.74) is 0.472. The molecule has 2 N–H and O–H groups in total. The van der Waals surface area contributed by atoms with Crippen LogP contribution in [-0.4, -0.2) is 42.5 Å². The quantitative estimate of drug-likeness (QED) is 0.596. The number of carbonyl (C=O) groups excluding carboxylic acids is 1.